The summed E-state index contributed by atoms with van der Waals surface area (Å²) in [7, 11) is 0. The van der Waals surface area contributed by atoms with E-state index in [-0.39, 0.29) is 12.1 Å². The number of carbonyl (C=O) groups is 1. The maximum absolute atomic E-state index is 12.0. The third-order valence-electron chi connectivity index (χ3n) is 4.12. The van der Waals surface area contributed by atoms with Crippen molar-refractivity contribution in [2.24, 2.45) is 5.92 Å². The van der Waals surface area contributed by atoms with Crippen LogP contribution in [0.3, 0.4) is 0 Å². The Morgan fingerprint density at radius 3 is 2.57 bits per heavy atom. The highest BCUT2D eigenvalue weighted by Gasteiger charge is 2.30. The van der Waals surface area contributed by atoms with Crippen LogP contribution in [0.2, 0.25) is 0 Å². The first-order valence-electron chi connectivity index (χ1n) is 8.26. The van der Waals surface area contributed by atoms with E-state index in [1.165, 1.54) is 31.2 Å². The van der Waals surface area contributed by atoms with Crippen molar-refractivity contribution in [2.75, 3.05) is 13.1 Å². The van der Waals surface area contributed by atoms with Crippen molar-refractivity contribution in [2.45, 2.75) is 52.1 Å². The van der Waals surface area contributed by atoms with Crippen molar-refractivity contribution in [3.63, 3.8) is 0 Å². The molecule has 3 nitrogen and oxygen atoms in total. The molecule has 21 heavy (non-hydrogen) atoms. The van der Waals surface area contributed by atoms with Crippen LogP contribution in [0.15, 0.2) is 30.3 Å². The van der Waals surface area contributed by atoms with Gasteiger partial charge in [-0.2, -0.15) is 0 Å². The molecule has 0 saturated carbocycles. The molecule has 1 aliphatic heterocycles. The van der Waals surface area contributed by atoms with Gasteiger partial charge in [-0.1, -0.05) is 69.9 Å². The minimum atomic E-state index is 0.0642. The van der Waals surface area contributed by atoms with Gasteiger partial charge >= 0.3 is 0 Å². The second-order valence-electron chi connectivity index (χ2n) is 6.38. The molecule has 1 atom stereocenters. The first-order valence-corrected chi connectivity index (χ1v) is 8.26. The average Bonchev–Trinajstić information content (AvgIpc) is 2.84. The Morgan fingerprint density at radius 1 is 1.14 bits per heavy atom. The lowest BCUT2D eigenvalue weighted by atomic mass is 10.0. The molecule has 0 aromatic heterocycles. The average molecular weight is 288 g/mol. The van der Waals surface area contributed by atoms with Gasteiger partial charge in [0.2, 0.25) is 5.91 Å². The van der Waals surface area contributed by atoms with Crippen molar-refractivity contribution in [1.82, 2.24) is 10.2 Å². The predicted molar refractivity (Wildman–Crippen MR) is 86.8 cm³/mol. The van der Waals surface area contributed by atoms with E-state index in [0.29, 0.717) is 6.54 Å². The first kappa shape index (κ1) is 16.0. The number of benzene rings is 1. The Hall–Kier alpha value is -1.35. The van der Waals surface area contributed by atoms with Gasteiger partial charge < -0.3 is 4.90 Å². The summed E-state index contributed by atoms with van der Waals surface area (Å²) in [6, 6.07) is 10.3. The molecule has 1 unspecified atom stereocenters. The summed E-state index contributed by atoms with van der Waals surface area (Å²) in [6.07, 6.45) is 6.30. The van der Waals surface area contributed by atoms with Gasteiger partial charge in [0.15, 0.2) is 0 Å². The molecule has 116 valence electrons. The van der Waals surface area contributed by atoms with E-state index in [0.717, 1.165) is 18.9 Å². The first-order chi connectivity index (χ1) is 10.2. The topological polar surface area (TPSA) is 32.3 Å². The molecule has 0 bridgehead atoms. The van der Waals surface area contributed by atoms with Crippen LogP contribution >= 0.6 is 0 Å². The predicted octanol–water partition coefficient (Wildman–Crippen LogP) is 3.72. The lowest BCUT2D eigenvalue weighted by molar-refractivity contribution is -0.128. The number of hydrogen-bond acceptors (Lipinski definition) is 2. The van der Waals surface area contributed by atoms with E-state index in [4.69, 9.17) is 0 Å². The molecule has 1 aromatic rings. The van der Waals surface area contributed by atoms with Crippen molar-refractivity contribution < 1.29 is 4.79 Å². The number of nitrogens with one attached hydrogen (secondary N) is 1. The van der Waals surface area contributed by atoms with Crippen molar-refractivity contribution in [3.05, 3.63) is 35.9 Å². The molecular formula is C18H28N2O. The Bertz CT molecular complexity index is 430. The van der Waals surface area contributed by atoms with Crippen LogP contribution in [-0.2, 0) is 4.79 Å². The van der Waals surface area contributed by atoms with Crippen LogP contribution in [-0.4, -0.2) is 23.9 Å². The fraction of sp³-hybridized carbons (Fsp3) is 0.611. The summed E-state index contributed by atoms with van der Waals surface area (Å²) in [6.45, 7) is 5.89. The molecule has 0 spiro atoms. The molecule has 1 N–H and O–H groups in total. The quantitative estimate of drug-likeness (QED) is 0.739. The Kier molecular flexibility index (Phi) is 6.24. The Labute approximate surface area is 128 Å². The van der Waals surface area contributed by atoms with E-state index >= 15 is 0 Å². The number of nitrogens with zero attached hydrogens (tertiary/aromatic N) is 1. The normalized spacial score (nSPS) is 18.7. The highest BCUT2D eigenvalue weighted by Crippen LogP contribution is 2.22. The van der Waals surface area contributed by atoms with Gasteiger partial charge in [-0.05, 0) is 17.9 Å². The van der Waals surface area contributed by atoms with Gasteiger partial charge in [0.1, 0.15) is 6.17 Å². The Morgan fingerprint density at radius 2 is 1.86 bits per heavy atom. The molecule has 0 radical (unpaired) electrons. The molecule has 1 saturated heterocycles. The van der Waals surface area contributed by atoms with E-state index in [1.807, 2.05) is 23.1 Å². The number of amides is 1. The Balaban J connectivity index is 1.76. The van der Waals surface area contributed by atoms with E-state index in [9.17, 15) is 4.79 Å². The summed E-state index contributed by atoms with van der Waals surface area (Å²) >= 11 is 0. The summed E-state index contributed by atoms with van der Waals surface area (Å²) < 4.78 is 0. The maximum atomic E-state index is 12.0. The summed E-state index contributed by atoms with van der Waals surface area (Å²) in [4.78, 5) is 14.0. The summed E-state index contributed by atoms with van der Waals surface area (Å²) in [5, 5.41) is 3.32. The van der Waals surface area contributed by atoms with Crippen LogP contribution in [0.5, 0.6) is 0 Å². The van der Waals surface area contributed by atoms with Gasteiger partial charge in [0.25, 0.3) is 0 Å². The van der Waals surface area contributed by atoms with Crippen molar-refractivity contribution >= 4 is 5.91 Å². The van der Waals surface area contributed by atoms with E-state index in [2.05, 4.69) is 31.3 Å². The maximum Gasteiger partial charge on any atom is 0.238 e. The number of hydrogen-bond donors (Lipinski definition) is 1. The number of rotatable bonds is 8. The molecule has 0 aliphatic carbocycles. The minimum absolute atomic E-state index is 0.0642. The van der Waals surface area contributed by atoms with Crippen molar-refractivity contribution in [1.29, 1.82) is 0 Å². The van der Waals surface area contributed by atoms with Gasteiger partial charge in [0, 0.05) is 6.54 Å². The van der Waals surface area contributed by atoms with Gasteiger partial charge in [0.05, 0.1) is 6.54 Å². The molecule has 3 heteroatoms. The highest BCUT2D eigenvalue weighted by atomic mass is 16.2. The minimum Gasteiger partial charge on any atom is -0.322 e. The zero-order valence-electron chi connectivity index (χ0n) is 13.3. The van der Waals surface area contributed by atoms with Crippen LogP contribution in [0.25, 0.3) is 0 Å². The zero-order chi connectivity index (χ0) is 15.1. The van der Waals surface area contributed by atoms with Crippen LogP contribution < -0.4 is 5.32 Å². The molecule has 2 rings (SSSR count). The lowest BCUT2D eigenvalue weighted by Gasteiger charge is -2.24. The molecule has 1 amide bonds. The molecular weight excluding hydrogens is 260 g/mol. The summed E-state index contributed by atoms with van der Waals surface area (Å²) in [5.41, 5.74) is 1.18. The van der Waals surface area contributed by atoms with Crippen LogP contribution in [0, 0.1) is 5.92 Å². The number of unbranched alkanes of at least 4 members (excludes halogenated alkanes) is 3. The lowest BCUT2D eigenvalue weighted by Crippen LogP contribution is -2.31. The van der Waals surface area contributed by atoms with E-state index in [1.54, 1.807) is 0 Å². The monoisotopic (exact) mass is 288 g/mol. The fourth-order valence-corrected chi connectivity index (χ4v) is 2.91. The summed E-state index contributed by atoms with van der Waals surface area (Å²) in [5.74, 6) is 1.03. The third-order valence-corrected chi connectivity index (χ3v) is 4.12. The third kappa shape index (κ3) is 4.85. The molecule has 1 aromatic carbocycles. The molecule has 1 aliphatic rings. The second kappa shape index (κ2) is 8.18. The van der Waals surface area contributed by atoms with Crippen LogP contribution in [0.1, 0.15) is 57.7 Å². The highest BCUT2D eigenvalue weighted by molar-refractivity contribution is 5.80. The molecule has 1 fully saturated rings. The standard InChI is InChI=1S/C18H28N2O/c1-15(2)10-6-3-4-9-13-20-17(21)14-19-18(20)16-11-7-5-8-12-16/h5,7-8,11-12,15,18-19H,3-4,6,9-10,13-14H2,1-2H3. The van der Waals surface area contributed by atoms with Gasteiger partial charge in [-0.25, -0.2) is 0 Å². The largest absolute Gasteiger partial charge is 0.322 e. The number of carbonyl (C=O) groups excluding carboxylic acids is 1. The van der Waals surface area contributed by atoms with Crippen molar-refractivity contribution in [3.8, 4) is 0 Å². The van der Waals surface area contributed by atoms with Gasteiger partial charge in [-0.3, -0.25) is 10.1 Å². The smallest absolute Gasteiger partial charge is 0.238 e. The molecule has 1 heterocycles. The van der Waals surface area contributed by atoms with Gasteiger partial charge in [-0.15, -0.1) is 0 Å². The fourth-order valence-electron chi connectivity index (χ4n) is 2.91. The zero-order valence-corrected chi connectivity index (χ0v) is 13.3. The second-order valence-corrected chi connectivity index (χ2v) is 6.38. The van der Waals surface area contributed by atoms with E-state index < -0.39 is 0 Å². The van der Waals surface area contributed by atoms with Crippen LogP contribution in [0.4, 0.5) is 0 Å². The SMILES string of the molecule is CC(C)CCCCCCN1C(=O)CNC1c1ccccc1.